The maximum Gasteiger partial charge on any atom is 0.260 e. The summed E-state index contributed by atoms with van der Waals surface area (Å²) < 4.78 is 1.01. The second kappa shape index (κ2) is 6.30. The van der Waals surface area contributed by atoms with E-state index in [9.17, 15) is 4.79 Å². The van der Waals surface area contributed by atoms with Crippen molar-refractivity contribution in [1.29, 1.82) is 0 Å². The Balaban J connectivity index is 2.10. The standard InChI is InChI=1S/C15H12BrClN2OS/c16-10-5-3-9(4-6-10)11-8-21-15-13(11)14(20)18-12(19-15)2-1-7-17/h3-6,8H,1-2,7H2,(H,18,19,20). The van der Waals surface area contributed by atoms with Crippen molar-refractivity contribution in [3.8, 4) is 11.1 Å². The molecule has 2 heterocycles. The molecule has 0 unspecified atom stereocenters. The van der Waals surface area contributed by atoms with Crippen molar-refractivity contribution in [2.75, 3.05) is 5.88 Å². The van der Waals surface area contributed by atoms with Crippen LogP contribution in [0.15, 0.2) is 38.9 Å². The summed E-state index contributed by atoms with van der Waals surface area (Å²) in [5, 5.41) is 2.65. The zero-order valence-electron chi connectivity index (χ0n) is 11.0. The van der Waals surface area contributed by atoms with Gasteiger partial charge in [-0.1, -0.05) is 28.1 Å². The topological polar surface area (TPSA) is 45.8 Å². The summed E-state index contributed by atoms with van der Waals surface area (Å²) in [5.74, 6) is 1.27. The van der Waals surface area contributed by atoms with Crippen molar-refractivity contribution in [3.05, 3.63) is 50.3 Å². The molecular formula is C15H12BrClN2OS. The van der Waals surface area contributed by atoms with Gasteiger partial charge in [-0.2, -0.15) is 0 Å². The molecule has 0 atom stereocenters. The Morgan fingerprint density at radius 3 is 2.76 bits per heavy atom. The average molecular weight is 384 g/mol. The Labute approximate surface area is 139 Å². The second-order valence-corrected chi connectivity index (χ2v) is 6.79. The highest BCUT2D eigenvalue weighted by molar-refractivity contribution is 9.10. The van der Waals surface area contributed by atoms with Gasteiger partial charge in [-0.3, -0.25) is 4.79 Å². The first kappa shape index (κ1) is 14.8. The molecule has 0 saturated heterocycles. The number of aromatic amines is 1. The van der Waals surface area contributed by atoms with E-state index in [0.717, 1.165) is 26.9 Å². The minimum absolute atomic E-state index is 0.0799. The third kappa shape index (κ3) is 3.05. The Morgan fingerprint density at radius 2 is 2.05 bits per heavy atom. The van der Waals surface area contributed by atoms with Gasteiger partial charge in [0.1, 0.15) is 10.7 Å². The molecule has 0 fully saturated rings. The fourth-order valence-electron chi connectivity index (χ4n) is 2.19. The number of nitrogens with zero attached hydrogens (tertiary/aromatic N) is 1. The van der Waals surface area contributed by atoms with Gasteiger partial charge < -0.3 is 4.98 Å². The molecule has 1 N–H and O–H groups in total. The van der Waals surface area contributed by atoms with Gasteiger partial charge in [-0.25, -0.2) is 4.98 Å². The summed E-state index contributed by atoms with van der Waals surface area (Å²) in [6.45, 7) is 0. The third-order valence-corrected chi connectivity index (χ3v) is 4.86. The van der Waals surface area contributed by atoms with Crippen molar-refractivity contribution in [2.45, 2.75) is 12.8 Å². The van der Waals surface area contributed by atoms with E-state index in [0.29, 0.717) is 23.5 Å². The van der Waals surface area contributed by atoms with Crippen LogP contribution < -0.4 is 5.56 Å². The number of aryl methyl sites for hydroxylation is 1. The lowest BCUT2D eigenvalue weighted by Crippen LogP contribution is -2.11. The van der Waals surface area contributed by atoms with E-state index in [4.69, 9.17) is 11.6 Å². The SMILES string of the molecule is O=c1[nH]c(CCCCl)nc2scc(-c3ccc(Br)cc3)c12. The number of hydrogen-bond acceptors (Lipinski definition) is 3. The predicted octanol–water partition coefficient (Wildman–Crippen LogP) is 4.59. The van der Waals surface area contributed by atoms with Crippen LogP contribution >= 0.6 is 38.9 Å². The van der Waals surface area contributed by atoms with Crippen molar-refractivity contribution in [1.82, 2.24) is 9.97 Å². The fraction of sp³-hybridized carbons (Fsp3) is 0.200. The number of aromatic nitrogens is 2. The summed E-state index contributed by atoms with van der Waals surface area (Å²) in [6.07, 6.45) is 1.50. The van der Waals surface area contributed by atoms with Gasteiger partial charge in [0.25, 0.3) is 5.56 Å². The van der Waals surface area contributed by atoms with E-state index >= 15 is 0 Å². The highest BCUT2D eigenvalue weighted by atomic mass is 79.9. The quantitative estimate of drug-likeness (QED) is 0.670. The van der Waals surface area contributed by atoms with Crippen molar-refractivity contribution in [2.24, 2.45) is 0 Å². The third-order valence-electron chi connectivity index (χ3n) is 3.20. The Hall–Kier alpha value is -1.17. The Bertz CT molecular complexity index is 826. The van der Waals surface area contributed by atoms with E-state index in [2.05, 4.69) is 25.9 Å². The molecule has 0 aliphatic heterocycles. The number of nitrogens with one attached hydrogen (secondary N) is 1. The minimum Gasteiger partial charge on any atom is -0.310 e. The van der Waals surface area contributed by atoms with E-state index in [1.165, 1.54) is 11.3 Å². The molecule has 21 heavy (non-hydrogen) atoms. The molecule has 108 valence electrons. The summed E-state index contributed by atoms with van der Waals surface area (Å²) in [4.78, 5) is 20.5. The van der Waals surface area contributed by atoms with Crippen LogP contribution in [0.2, 0.25) is 0 Å². The first-order chi connectivity index (χ1) is 10.2. The van der Waals surface area contributed by atoms with Crippen LogP contribution in [0.3, 0.4) is 0 Å². The summed E-state index contributed by atoms with van der Waals surface area (Å²) in [7, 11) is 0. The van der Waals surface area contributed by atoms with Gasteiger partial charge in [0.05, 0.1) is 5.39 Å². The van der Waals surface area contributed by atoms with Crippen LogP contribution in [-0.2, 0) is 6.42 Å². The first-order valence-electron chi connectivity index (χ1n) is 6.51. The molecule has 1 aromatic carbocycles. The molecule has 0 radical (unpaired) electrons. The monoisotopic (exact) mass is 382 g/mol. The van der Waals surface area contributed by atoms with E-state index in [1.54, 1.807) is 0 Å². The maximum absolute atomic E-state index is 12.4. The number of alkyl halides is 1. The molecule has 0 aliphatic carbocycles. The number of hydrogen-bond donors (Lipinski definition) is 1. The Kier molecular flexibility index (Phi) is 4.42. The van der Waals surface area contributed by atoms with Crippen LogP contribution in [0.5, 0.6) is 0 Å². The molecule has 0 amide bonds. The van der Waals surface area contributed by atoms with Gasteiger partial charge in [0.15, 0.2) is 0 Å². The highest BCUT2D eigenvalue weighted by Gasteiger charge is 2.12. The normalized spacial score (nSPS) is 11.1. The van der Waals surface area contributed by atoms with E-state index in [1.807, 2.05) is 29.6 Å². The van der Waals surface area contributed by atoms with E-state index < -0.39 is 0 Å². The molecule has 0 aliphatic rings. The largest absolute Gasteiger partial charge is 0.310 e. The second-order valence-electron chi connectivity index (χ2n) is 4.64. The van der Waals surface area contributed by atoms with Crippen LogP contribution in [0.1, 0.15) is 12.2 Å². The van der Waals surface area contributed by atoms with Crippen molar-refractivity contribution in [3.63, 3.8) is 0 Å². The lowest BCUT2D eigenvalue weighted by atomic mass is 10.1. The zero-order valence-corrected chi connectivity index (χ0v) is 14.2. The smallest absolute Gasteiger partial charge is 0.260 e. The highest BCUT2D eigenvalue weighted by Crippen LogP contribution is 2.31. The number of halogens is 2. The molecule has 6 heteroatoms. The van der Waals surface area contributed by atoms with Crippen LogP contribution in [0.25, 0.3) is 21.3 Å². The summed E-state index contributed by atoms with van der Waals surface area (Å²) in [5.41, 5.74) is 1.87. The molecule has 3 aromatic rings. The van der Waals surface area contributed by atoms with E-state index in [-0.39, 0.29) is 5.56 Å². The molecule has 0 saturated carbocycles. The number of thiophene rings is 1. The zero-order chi connectivity index (χ0) is 14.8. The van der Waals surface area contributed by atoms with Crippen LogP contribution in [-0.4, -0.2) is 15.8 Å². The van der Waals surface area contributed by atoms with Crippen molar-refractivity contribution < 1.29 is 0 Å². The summed E-state index contributed by atoms with van der Waals surface area (Å²) in [6, 6.07) is 7.92. The maximum atomic E-state index is 12.4. The lowest BCUT2D eigenvalue weighted by Gasteiger charge is -2.01. The van der Waals surface area contributed by atoms with Crippen LogP contribution in [0, 0.1) is 0 Å². The molecule has 3 rings (SSSR count). The lowest BCUT2D eigenvalue weighted by molar-refractivity contribution is 0.843. The first-order valence-corrected chi connectivity index (χ1v) is 8.72. The Morgan fingerprint density at radius 1 is 1.29 bits per heavy atom. The van der Waals surface area contributed by atoms with Gasteiger partial charge >= 0.3 is 0 Å². The summed E-state index contributed by atoms with van der Waals surface area (Å²) >= 11 is 10.6. The van der Waals surface area contributed by atoms with Gasteiger partial charge in [-0.05, 0) is 24.1 Å². The molecule has 0 spiro atoms. The van der Waals surface area contributed by atoms with Crippen molar-refractivity contribution >= 4 is 49.1 Å². The number of rotatable bonds is 4. The minimum atomic E-state index is -0.0799. The molecular weight excluding hydrogens is 372 g/mol. The van der Waals surface area contributed by atoms with Gasteiger partial charge in [-0.15, -0.1) is 22.9 Å². The number of fused-ring (bicyclic) bond motifs is 1. The van der Waals surface area contributed by atoms with Gasteiger partial charge in [0, 0.05) is 27.7 Å². The van der Waals surface area contributed by atoms with Crippen LogP contribution in [0.4, 0.5) is 0 Å². The number of H-pyrrole nitrogens is 1. The fourth-order valence-corrected chi connectivity index (χ4v) is 3.55. The molecule has 0 bridgehead atoms. The average Bonchev–Trinajstić information content (AvgIpc) is 2.90. The number of benzene rings is 1. The van der Waals surface area contributed by atoms with Gasteiger partial charge in [0.2, 0.25) is 0 Å². The molecule has 3 nitrogen and oxygen atoms in total. The predicted molar refractivity (Wildman–Crippen MR) is 92.4 cm³/mol. The molecule has 2 aromatic heterocycles.